The highest BCUT2D eigenvalue weighted by atomic mass is 32.2. The zero-order valence-corrected chi connectivity index (χ0v) is 19.0. The highest BCUT2D eigenvalue weighted by molar-refractivity contribution is 7.88. The molecule has 0 spiro atoms. The van der Waals surface area contributed by atoms with Gasteiger partial charge in [-0.15, -0.1) is 0 Å². The SMILES string of the molecule is COc1cccc(CN2CCCN(S(C)(=O)=O)C(c3ccccc3)CC(=O)NCC2)c1. The van der Waals surface area contributed by atoms with Crippen LogP contribution in [0.2, 0.25) is 0 Å². The van der Waals surface area contributed by atoms with Crippen LogP contribution in [0.3, 0.4) is 0 Å². The van der Waals surface area contributed by atoms with Crippen LogP contribution in [0.4, 0.5) is 0 Å². The van der Waals surface area contributed by atoms with Crippen LogP contribution in [-0.4, -0.2) is 63.1 Å². The summed E-state index contributed by atoms with van der Waals surface area (Å²) in [6.07, 6.45) is 2.00. The van der Waals surface area contributed by atoms with Crippen molar-refractivity contribution in [2.45, 2.75) is 25.4 Å². The first-order valence-electron chi connectivity index (χ1n) is 10.5. The molecule has 1 atom stereocenters. The van der Waals surface area contributed by atoms with E-state index in [0.717, 1.165) is 23.4 Å². The highest BCUT2D eigenvalue weighted by Crippen LogP contribution is 2.27. The fraction of sp³-hybridized carbons (Fsp3) is 0.435. The molecule has 3 rings (SSSR count). The number of rotatable bonds is 5. The maximum Gasteiger partial charge on any atom is 0.222 e. The highest BCUT2D eigenvalue weighted by Gasteiger charge is 2.30. The van der Waals surface area contributed by atoms with E-state index in [-0.39, 0.29) is 12.3 Å². The number of nitrogens with one attached hydrogen (secondary N) is 1. The van der Waals surface area contributed by atoms with Crippen LogP contribution in [0.15, 0.2) is 54.6 Å². The quantitative estimate of drug-likeness (QED) is 0.765. The summed E-state index contributed by atoms with van der Waals surface area (Å²) >= 11 is 0. The van der Waals surface area contributed by atoms with Gasteiger partial charge in [0.25, 0.3) is 0 Å². The van der Waals surface area contributed by atoms with E-state index in [4.69, 9.17) is 4.74 Å². The lowest BCUT2D eigenvalue weighted by Crippen LogP contribution is -2.38. The van der Waals surface area contributed by atoms with Gasteiger partial charge in [-0.1, -0.05) is 42.5 Å². The molecule has 168 valence electrons. The van der Waals surface area contributed by atoms with E-state index in [1.807, 2.05) is 54.6 Å². The third-order valence-electron chi connectivity index (χ3n) is 5.48. The maximum absolute atomic E-state index is 12.7. The number of nitrogens with zero attached hydrogens (tertiary/aromatic N) is 2. The number of carbonyl (C=O) groups excluding carboxylic acids is 1. The van der Waals surface area contributed by atoms with Gasteiger partial charge in [0, 0.05) is 32.6 Å². The summed E-state index contributed by atoms with van der Waals surface area (Å²) in [7, 11) is -1.85. The van der Waals surface area contributed by atoms with Crippen LogP contribution < -0.4 is 10.1 Å². The summed E-state index contributed by atoms with van der Waals surface area (Å²) < 4.78 is 32.1. The number of methoxy groups -OCH3 is 1. The van der Waals surface area contributed by atoms with Crippen molar-refractivity contribution in [3.63, 3.8) is 0 Å². The largest absolute Gasteiger partial charge is 0.497 e. The number of ether oxygens (including phenoxy) is 1. The zero-order valence-electron chi connectivity index (χ0n) is 18.2. The minimum atomic E-state index is -3.49. The zero-order chi connectivity index (χ0) is 22.3. The molecule has 1 heterocycles. The second kappa shape index (κ2) is 10.7. The Balaban J connectivity index is 1.80. The van der Waals surface area contributed by atoms with Crippen molar-refractivity contribution in [3.05, 3.63) is 65.7 Å². The van der Waals surface area contributed by atoms with Crippen molar-refractivity contribution in [1.29, 1.82) is 0 Å². The number of amides is 1. The van der Waals surface area contributed by atoms with Crippen molar-refractivity contribution in [1.82, 2.24) is 14.5 Å². The number of hydrogen-bond donors (Lipinski definition) is 1. The van der Waals surface area contributed by atoms with Gasteiger partial charge in [0.15, 0.2) is 0 Å². The molecular weight excluding hydrogens is 414 g/mol. The molecule has 0 radical (unpaired) electrons. The molecule has 31 heavy (non-hydrogen) atoms. The monoisotopic (exact) mass is 445 g/mol. The fourth-order valence-electron chi connectivity index (χ4n) is 3.96. The van der Waals surface area contributed by atoms with Crippen molar-refractivity contribution < 1.29 is 17.9 Å². The van der Waals surface area contributed by atoms with Crippen molar-refractivity contribution in [2.75, 3.05) is 39.5 Å². The molecule has 0 bridgehead atoms. The van der Waals surface area contributed by atoms with Crippen LogP contribution in [0.5, 0.6) is 5.75 Å². The third kappa shape index (κ3) is 6.78. The third-order valence-corrected chi connectivity index (χ3v) is 6.77. The lowest BCUT2D eigenvalue weighted by atomic mass is 10.0. The Morgan fingerprint density at radius 1 is 1.06 bits per heavy atom. The van der Waals surface area contributed by atoms with Crippen molar-refractivity contribution in [2.24, 2.45) is 0 Å². The van der Waals surface area contributed by atoms with Gasteiger partial charge in [-0.05, 0) is 36.2 Å². The van der Waals surface area contributed by atoms with E-state index >= 15 is 0 Å². The van der Waals surface area contributed by atoms with E-state index in [9.17, 15) is 13.2 Å². The first kappa shape index (κ1) is 23.2. The summed E-state index contributed by atoms with van der Waals surface area (Å²) in [4.78, 5) is 14.9. The van der Waals surface area contributed by atoms with Gasteiger partial charge in [-0.25, -0.2) is 8.42 Å². The normalized spacial score (nSPS) is 19.9. The van der Waals surface area contributed by atoms with Gasteiger partial charge in [0.1, 0.15) is 5.75 Å². The topological polar surface area (TPSA) is 79.0 Å². The summed E-state index contributed by atoms with van der Waals surface area (Å²) in [5.41, 5.74) is 1.94. The van der Waals surface area contributed by atoms with Crippen LogP contribution in [0.25, 0.3) is 0 Å². The number of carbonyl (C=O) groups is 1. The molecule has 7 nitrogen and oxygen atoms in total. The lowest BCUT2D eigenvalue weighted by Gasteiger charge is -2.30. The average Bonchev–Trinajstić information content (AvgIpc) is 2.78. The van der Waals surface area contributed by atoms with Crippen LogP contribution in [-0.2, 0) is 21.4 Å². The maximum atomic E-state index is 12.7. The van der Waals surface area contributed by atoms with Gasteiger partial charge in [0.05, 0.1) is 19.4 Å². The molecule has 1 fully saturated rings. The minimum absolute atomic E-state index is 0.104. The molecule has 1 aliphatic rings. The van der Waals surface area contributed by atoms with E-state index in [0.29, 0.717) is 32.6 Å². The molecule has 1 saturated heterocycles. The predicted molar refractivity (Wildman–Crippen MR) is 121 cm³/mol. The molecule has 1 aliphatic heterocycles. The fourth-order valence-corrected chi connectivity index (χ4v) is 5.08. The van der Waals surface area contributed by atoms with E-state index in [1.54, 1.807) is 7.11 Å². The van der Waals surface area contributed by atoms with Gasteiger partial charge in [-0.3, -0.25) is 9.69 Å². The summed E-state index contributed by atoms with van der Waals surface area (Å²) in [5, 5.41) is 2.96. The minimum Gasteiger partial charge on any atom is -0.497 e. The summed E-state index contributed by atoms with van der Waals surface area (Å²) in [6.45, 7) is 3.00. The molecule has 0 aromatic heterocycles. The first-order valence-corrected chi connectivity index (χ1v) is 12.4. The standard InChI is InChI=1S/C23H31N3O4S/c1-30-21-11-6-8-19(16-21)18-25-13-7-14-26(31(2,28)29)22(17-23(27)24-12-15-25)20-9-4-3-5-10-20/h3-6,8-11,16,22H,7,12-15,17-18H2,1-2H3,(H,24,27). The number of sulfonamides is 1. The van der Waals surface area contributed by atoms with Crippen molar-refractivity contribution in [3.8, 4) is 5.75 Å². The lowest BCUT2D eigenvalue weighted by molar-refractivity contribution is -0.122. The van der Waals surface area contributed by atoms with Crippen LogP contribution in [0.1, 0.15) is 30.0 Å². The second-order valence-corrected chi connectivity index (χ2v) is 9.77. The molecule has 8 heteroatoms. The molecule has 2 aromatic rings. The molecular formula is C23H31N3O4S. The Hall–Kier alpha value is -2.42. The van der Waals surface area contributed by atoms with Gasteiger partial charge in [0.2, 0.25) is 15.9 Å². The molecule has 0 saturated carbocycles. The Kier molecular flexibility index (Phi) is 8.06. The summed E-state index contributed by atoms with van der Waals surface area (Å²) in [5.74, 6) is 0.656. The van der Waals surface area contributed by atoms with Gasteiger partial charge < -0.3 is 10.1 Å². The van der Waals surface area contributed by atoms with E-state index in [2.05, 4.69) is 10.2 Å². The number of benzene rings is 2. The Bertz CT molecular complexity index is 966. The Morgan fingerprint density at radius 2 is 1.84 bits per heavy atom. The van der Waals surface area contributed by atoms with Gasteiger partial charge >= 0.3 is 0 Å². The van der Waals surface area contributed by atoms with Gasteiger partial charge in [-0.2, -0.15) is 4.31 Å². The van der Waals surface area contributed by atoms with E-state index in [1.165, 1.54) is 10.6 Å². The van der Waals surface area contributed by atoms with E-state index < -0.39 is 16.1 Å². The smallest absolute Gasteiger partial charge is 0.222 e. The average molecular weight is 446 g/mol. The number of hydrogen-bond acceptors (Lipinski definition) is 5. The summed E-state index contributed by atoms with van der Waals surface area (Å²) in [6, 6.07) is 16.8. The molecule has 1 N–H and O–H groups in total. The predicted octanol–water partition coefficient (Wildman–Crippen LogP) is 2.41. The Morgan fingerprint density at radius 3 is 2.55 bits per heavy atom. The Labute approximate surface area is 185 Å². The van der Waals surface area contributed by atoms with Crippen LogP contribution >= 0.6 is 0 Å². The van der Waals surface area contributed by atoms with Crippen molar-refractivity contribution >= 4 is 15.9 Å². The molecule has 1 amide bonds. The molecule has 2 aromatic carbocycles. The second-order valence-electron chi connectivity index (χ2n) is 7.84. The first-order chi connectivity index (χ1) is 14.9. The molecule has 1 unspecified atom stereocenters. The van der Waals surface area contributed by atoms with Crippen LogP contribution in [0, 0.1) is 0 Å². The molecule has 0 aliphatic carbocycles.